The minimum absolute atomic E-state index is 0.0917. The summed E-state index contributed by atoms with van der Waals surface area (Å²) in [5, 5.41) is 3.35. The van der Waals surface area contributed by atoms with Crippen LogP contribution in [0, 0.1) is 0 Å². The predicted octanol–water partition coefficient (Wildman–Crippen LogP) is 1.22. The zero-order chi connectivity index (χ0) is 15.1. The van der Waals surface area contributed by atoms with Gasteiger partial charge in [0, 0.05) is 25.2 Å². The Labute approximate surface area is 125 Å². The molecule has 1 aromatic carbocycles. The van der Waals surface area contributed by atoms with Crippen molar-refractivity contribution in [1.82, 2.24) is 5.32 Å². The van der Waals surface area contributed by atoms with E-state index in [2.05, 4.69) is 5.32 Å². The molecular weight excluding hydrogens is 274 g/mol. The maximum Gasteiger partial charge on any atom is 0.130 e. The third-order valence-corrected chi connectivity index (χ3v) is 3.38. The Morgan fingerprint density at radius 1 is 1.10 bits per heavy atom. The second-order valence-electron chi connectivity index (χ2n) is 4.71. The molecule has 0 radical (unpaired) electrons. The molecule has 21 heavy (non-hydrogen) atoms. The second kappa shape index (κ2) is 8.07. The van der Waals surface area contributed by atoms with Crippen molar-refractivity contribution in [2.45, 2.75) is 12.6 Å². The molecule has 1 aromatic rings. The monoisotopic (exact) mass is 297 g/mol. The van der Waals surface area contributed by atoms with Crippen LogP contribution in [-0.2, 0) is 16.0 Å². The van der Waals surface area contributed by atoms with E-state index in [1.807, 2.05) is 12.1 Å². The van der Waals surface area contributed by atoms with Gasteiger partial charge in [0.1, 0.15) is 17.2 Å². The summed E-state index contributed by atoms with van der Waals surface area (Å²) in [6.45, 7) is 3.30. The van der Waals surface area contributed by atoms with E-state index >= 15 is 0 Å². The van der Waals surface area contributed by atoms with E-state index < -0.39 is 0 Å². The molecule has 1 saturated heterocycles. The first kappa shape index (κ1) is 15.9. The van der Waals surface area contributed by atoms with Gasteiger partial charge in [0.15, 0.2) is 0 Å². The van der Waals surface area contributed by atoms with Crippen LogP contribution in [0.5, 0.6) is 17.2 Å². The summed E-state index contributed by atoms with van der Waals surface area (Å²) in [5.41, 5.74) is 0.956. The van der Waals surface area contributed by atoms with Crippen LogP contribution in [-0.4, -0.2) is 53.8 Å². The fraction of sp³-hybridized carbons (Fsp3) is 0.600. The number of methoxy groups -OCH3 is 3. The van der Waals surface area contributed by atoms with Crippen molar-refractivity contribution in [1.29, 1.82) is 0 Å². The summed E-state index contributed by atoms with van der Waals surface area (Å²) in [5.74, 6) is 2.18. The van der Waals surface area contributed by atoms with Gasteiger partial charge in [0.25, 0.3) is 0 Å². The molecule has 1 unspecified atom stereocenters. The normalized spacial score (nSPS) is 18.3. The highest BCUT2D eigenvalue weighted by molar-refractivity contribution is 5.50. The van der Waals surface area contributed by atoms with Crippen LogP contribution in [0.3, 0.4) is 0 Å². The molecule has 0 aromatic heterocycles. The van der Waals surface area contributed by atoms with Gasteiger partial charge in [-0.2, -0.15) is 0 Å². The van der Waals surface area contributed by atoms with Gasteiger partial charge in [-0.15, -0.1) is 0 Å². The third kappa shape index (κ3) is 4.23. The summed E-state index contributed by atoms with van der Waals surface area (Å²) in [7, 11) is 4.89. The van der Waals surface area contributed by atoms with Crippen molar-refractivity contribution in [2.75, 3.05) is 47.7 Å². The van der Waals surface area contributed by atoms with Crippen molar-refractivity contribution >= 4 is 0 Å². The lowest BCUT2D eigenvalue weighted by atomic mass is 10.1. The Morgan fingerprint density at radius 2 is 1.81 bits per heavy atom. The minimum Gasteiger partial charge on any atom is -0.496 e. The van der Waals surface area contributed by atoms with E-state index in [-0.39, 0.29) is 6.10 Å². The van der Waals surface area contributed by atoms with Gasteiger partial charge in [-0.3, -0.25) is 0 Å². The number of rotatable bonds is 7. The highest BCUT2D eigenvalue weighted by Crippen LogP contribution is 2.33. The van der Waals surface area contributed by atoms with Crippen LogP contribution >= 0.6 is 0 Å². The summed E-state index contributed by atoms with van der Waals surface area (Å²) >= 11 is 0. The maximum atomic E-state index is 5.60. The van der Waals surface area contributed by atoms with E-state index in [9.17, 15) is 0 Å². The fourth-order valence-corrected chi connectivity index (χ4v) is 2.26. The van der Waals surface area contributed by atoms with Gasteiger partial charge >= 0.3 is 0 Å². The molecule has 1 aliphatic rings. The molecule has 0 bridgehead atoms. The Hall–Kier alpha value is -1.50. The van der Waals surface area contributed by atoms with E-state index in [0.717, 1.165) is 23.6 Å². The third-order valence-electron chi connectivity index (χ3n) is 3.38. The summed E-state index contributed by atoms with van der Waals surface area (Å²) in [6, 6.07) is 3.69. The largest absolute Gasteiger partial charge is 0.496 e. The standard InChI is InChI=1S/C15H23NO5/c1-17-11-6-14(18-2)13(15(7-11)19-3)9-16-8-12-10-20-4-5-21-12/h6-7,12,16H,4-5,8-10H2,1-3H3. The van der Waals surface area contributed by atoms with Gasteiger partial charge < -0.3 is 29.0 Å². The molecule has 2 rings (SSSR count). The Balaban J connectivity index is 2.00. The fourth-order valence-electron chi connectivity index (χ4n) is 2.26. The summed E-state index contributed by atoms with van der Waals surface area (Å²) in [4.78, 5) is 0. The van der Waals surface area contributed by atoms with E-state index in [4.69, 9.17) is 23.7 Å². The molecule has 0 aliphatic carbocycles. The van der Waals surface area contributed by atoms with Crippen molar-refractivity contribution in [3.05, 3.63) is 17.7 Å². The van der Waals surface area contributed by atoms with Crippen LogP contribution in [0.1, 0.15) is 5.56 Å². The Kier molecular flexibility index (Phi) is 6.10. The molecule has 0 spiro atoms. The highest BCUT2D eigenvalue weighted by atomic mass is 16.6. The first-order valence-electron chi connectivity index (χ1n) is 6.97. The molecule has 0 saturated carbocycles. The lowest BCUT2D eigenvalue weighted by Gasteiger charge is -2.23. The Bertz CT molecular complexity index is 421. The molecule has 6 heteroatoms. The SMILES string of the molecule is COc1cc(OC)c(CNCC2COCCO2)c(OC)c1. The molecule has 6 nitrogen and oxygen atoms in total. The van der Waals surface area contributed by atoms with Crippen molar-refractivity contribution in [3.63, 3.8) is 0 Å². The lowest BCUT2D eigenvalue weighted by molar-refractivity contribution is -0.0864. The van der Waals surface area contributed by atoms with Crippen LogP contribution in [0.25, 0.3) is 0 Å². The van der Waals surface area contributed by atoms with E-state index in [1.165, 1.54) is 0 Å². The molecular formula is C15H23NO5. The molecule has 1 heterocycles. The molecule has 1 atom stereocenters. The predicted molar refractivity (Wildman–Crippen MR) is 78.4 cm³/mol. The molecule has 0 amide bonds. The molecule has 1 N–H and O–H groups in total. The number of ether oxygens (including phenoxy) is 5. The zero-order valence-corrected chi connectivity index (χ0v) is 12.8. The zero-order valence-electron chi connectivity index (χ0n) is 12.8. The topological polar surface area (TPSA) is 58.2 Å². The highest BCUT2D eigenvalue weighted by Gasteiger charge is 2.16. The smallest absolute Gasteiger partial charge is 0.130 e. The van der Waals surface area contributed by atoms with Gasteiger partial charge in [0.05, 0.1) is 52.8 Å². The van der Waals surface area contributed by atoms with Crippen molar-refractivity contribution in [3.8, 4) is 17.2 Å². The van der Waals surface area contributed by atoms with Gasteiger partial charge in [0.2, 0.25) is 0 Å². The summed E-state index contributed by atoms with van der Waals surface area (Å²) < 4.78 is 27.0. The van der Waals surface area contributed by atoms with Crippen LogP contribution < -0.4 is 19.5 Å². The van der Waals surface area contributed by atoms with Crippen LogP contribution in [0.2, 0.25) is 0 Å². The first-order valence-corrected chi connectivity index (χ1v) is 6.97. The van der Waals surface area contributed by atoms with Gasteiger partial charge in [-0.05, 0) is 0 Å². The maximum absolute atomic E-state index is 5.60. The first-order chi connectivity index (χ1) is 10.3. The van der Waals surface area contributed by atoms with Crippen molar-refractivity contribution in [2.24, 2.45) is 0 Å². The number of benzene rings is 1. The number of hydrogen-bond acceptors (Lipinski definition) is 6. The van der Waals surface area contributed by atoms with Gasteiger partial charge in [-0.25, -0.2) is 0 Å². The van der Waals surface area contributed by atoms with Crippen molar-refractivity contribution < 1.29 is 23.7 Å². The van der Waals surface area contributed by atoms with Crippen LogP contribution in [0.4, 0.5) is 0 Å². The number of nitrogens with one attached hydrogen (secondary N) is 1. The minimum atomic E-state index is 0.0917. The van der Waals surface area contributed by atoms with E-state index in [1.54, 1.807) is 21.3 Å². The van der Waals surface area contributed by atoms with Gasteiger partial charge in [-0.1, -0.05) is 0 Å². The molecule has 1 aliphatic heterocycles. The average Bonchev–Trinajstić information content (AvgIpc) is 2.55. The number of hydrogen-bond donors (Lipinski definition) is 1. The Morgan fingerprint density at radius 3 is 2.33 bits per heavy atom. The molecule has 1 fully saturated rings. The molecule has 118 valence electrons. The van der Waals surface area contributed by atoms with E-state index in [0.29, 0.717) is 32.1 Å². The second-order valence-corrected chi connectivity index (χ2v) is 4.71. The summed E-state index contributed by atoms with van der Waals surface area (Å²) in [6.07, 6.45) is 0.0917. The van der Waals surface area contributed by atoms with Crippen LogP contribution in [0.15, 0.2) is 12.1 Å². The quantitative estimate of drug-likeness (QED) is 0.816. The lowest BCUT2D eigenvalue weighted by Crippen LogP contribution is -2.37. The average molecular weight is 297 g/mol.